The molecule has 0 aliphatic rings. The number of benzene rings is 3. The Hall–Kier alpha value is -3.53. The van der Waals surface area contributed by atoms with Crippen LogP contribution in [0.4, 0.5) is 5.69 Å². The summed E-state index contributed by atoms with van der Waals surface area (Å²) in [5, 5.41) is 13.0. The van der Waals surface area contributed by atoms with Crippen LogP contribution in [0.5, 0.6) is 11.5 Å². The average Bonchev–Trinajstić information content (AvgIpc) is 2.82. The van der Waals surface area contributed by atoms with E-state index in [1.165, 1.54) is 6.08 Å². The van der Waals surface area contributed by atoms with Gasteiger partial charge in [0, 0.05) is 20.7 Å². The van der Waals surface area contributed by atoms with Crippen molar-refractivity contribution in [3.63, 3.8) is 0 Å². The first-order valence-electron chi connectivity index (χ1n) is 10.3. The molecule has 0 aliphatic heterocycles. The Balaban J connectivity index is 1.89. The molecule has 172 valence electrons. The Labute approximate surface area is 212 Å². The Morgan fingerprint density at radius 2 is 1.97 bits per heavy atom. The third kappa shape index (κ3) is 6.74. The number of allylic oxidation sites excluding steroid dienone is 1. The van der Waals surface area contributed by atoms with Crippen molar-refractivity contribution in [3.8, 4) is 17.6 Å². The topological polar surface area (TPSA) is 71.4 Å². The molecule has 1 N–H and O–H groups in total. The first kappa shape index (κ1) is 25.1. The summed E-state index contributed by atoms with van der Waals surface area (Å²) in [7, 11) is 1.54. The lowest BCUT2D eigenvalue weighted by molar-refractivity contribution is -0.112. The van der Waals surface area contributed by atoms with Gasteiger partial charge >= 0.3 is 0 Å². The minimum Gasteiger partial charge on any atom is -0.493 e. The zero-order valence-corrected chi connectivity index (χ0v) is 20.8. The highest BCUT2D eigenvalue weighted by atomic mass is 79.9. The van der Waals surface area contributed by atoms with E-state index in [9.17, 15) is 10.1 Å². The predicted molar refractivity (Wildman–Crippen MR) is 139 cm³/mol. The SMILES string of the molecule is C=CCc1cc(/C=C(/C#N)C(=O)Nc2cccc(Br)c2)cc(OC)c1OCc1ccc(Cl)cc1. The lowest BCUT2D eigenvalue weighted by Gasteiger charge is -2.16. The Bertz CT molecular complexity index is 1260. The van der Waals surface area contributed by atoms with Crippen LogP contribution in [0.3, 0.4) is 0 Å². The van der Waals surface area contributed by atoms with Crippen molar-refractivity contribution in [2.75, 3.05) is 12.4 Å². The molecular weight excluding hydrogens is 516 g/mol. The van der Waals surface area contributed by atoms with Gasteiger partial charge < -0.3 is 14.8 Å². The van der Waals surface area contributed by atoms with E-state index in [4.69, 9.17) is 21.1 Å². The second-order valence-electron chi connectivity index (χ2n) is 7.25. The number of nitrogens with one attached hydrogen (secondary N) is 1. The van der Waals surface area contributed by atoms with Crippen LogP contribution >= 0.6 is 27.5 Å². The average molecular weight is 538 g/mol. The summed E-state index contributed by atoms with van der Waals surface area (Å²) in [6.07, 6.45) is 3.79. The lowest BCUT2D eigenvalue weighted by atomic mass is 10.0. The van der Waals surface area contributed by atoms with Crippen molar-refractivity contribution >= 4 is 45.2 Å². The van der Waals surface area contributed by atoms with Gasteiger partial charge in [-0.15, -0.1) is 6.58 Å². The molecule has 7 heteroatoms. The van der Waals surface area contributed by atoms with Gasteiger partial charge in [-0.05, 0) is 66.1 Å². The molecule has 0 spiro atoms. The monoisotopic (exact) mass is 536 g/mol. The summed E-state index contributed by atoms with van der Waals surface area (Å²) in [5.41, 5.74) is 2.95. The van der Waals surface area contributed by atoms with Crippen molar-refractivity contribution in [1.29, 1.82) is 5.26 Å². The molecule has 0 saturated heterocycles. The van der Waals surface area contributed by atoms with Crippen LogP contribution < -0.4 is 14.8 Å². The number of amides is 1. The minimum atomic E-state index is -0.507. The predicted octanol–water partition coefficient (Wildman–Crippen LogP) is 6.96. The molecule has 0 radical (unpaired) electrons. The van der Waals surface area contributed by atoms with E-state index in [0.717, 1.165) is 15.6 Å². The molecule has 0 saturated carbocycles. The highest BCUT2D eigenvalue weighted by molar-refractivity contribution is 9.10. The lowest BCUT2D eigenvalue weighted by Crippen LogP contribution is -2.13. The number of carbonyl (C=O) groups excluding carboxylic acids is 1. The van der Waals surface area contributed by atoms with Gasteiger partial charge in [0.25, 0.3) is 5.91 Å². The van der Waals surface area contributed by atoms with Gasteiger partial charge in [-0.2, -0.15) is 5.26 Å². The number of methoxy groups -OCH3 is 1. The summed E-state index contributed by atoms with van der Waals surface area (Å²) < 4.78 is 12.5. The van der Waals surface area contributed by atoms with Crippen LogP contribution in [0, 0.1) is 11.3 Å². The number of rotatable bonds is 9. The van der Waals surface area contributed by atoms with Gasteiger partial charge in [-0.25, -0.2) is 0 Å². The zero-order chi connectivity index (χ0) is 24.5. The summed E-state index contributed by atoms with van der Waals surface area (Å²) in [4.78, 5) is 12.7. The Morgan fingerprint density at radius 3 is 2.62 bits per heavy atom. The van der Waals surface area contributed by atoms with Crippen LogP contribution in [-0.4, -0.2) is 13.0 Å². The van der Waals surface area contributed by atoms with Gasteiger partial charge in [0.15, 0.2) is 11.5 Å². The second kappa shape index (κ2) is 12.1. The van der Waals surface area contributed by atoms with E-state index in [1.54, 1.807) is 49.6 Å². The molecule has 0 fully saturated rings. The molecule has 1 amide bonds. The van der Waals surface area contributed by atoms with E-state index in [0.29, 0.717) is 40.8 Å². The summed E-state index contributed by atoms with van der Waals surface area (Å²) >= 11 is 9.32. The fourth-order valence-corrected chi connectivity index (χ4v) is 3.73. The smallest absolute Gasteiger partial charge is 0.266 e. The first-order valence-corrected chi connectivity index (χ1v) is 11.5. The molecule has 0 unspecified atom stereocenters. The Morgan fingerprint density at radius 1 is 1.21 bits per heavy atom. The van der Waals surface area contributed by atoms with Crippen LogP contribution in [0.1, 0.15) is 16.7 Å². The van der Waals surface area contributed by atoms with Gasteiger partial charge in [-0.3, -0.25) is 4.79 Å². The molecule has 0 heterocycles. The first-order chi connectivity index (χ1) is 16.4. The number of nitriles is 1. The van der Waals surface area contributed by atoms with Crippen molar-refractivity contribution in [2.45, 2.75) is 13.0 Å². The number of ether oxygens (including phenoxy) is 2. The van der Waals surface area contributed by atoms with Crippen LogP contribution in [0.15, 0.2) is 83.4 Å². The van der Waals surface area contributed by atoms with Crippen LogP contribution in [-0.2, 0) is 17.8 Å². The fraction of sp³-hybridized carbons (Fsp3) is 0.111. The molecule has 0 atom stereocenters. The third-order valence-corrected chi connectivity index (χ3v) is 5.54. The number of hydrogen-bond donors (Lipinski definition) is 1. The molecule has 0 bridgehead atoms. The highest BCUT2D eigenvalue weighted by Crippen LogP contribution is 2.35. The van der Waals surface area contributed by atoms with Crippen molar-refractivity contribution in [3.05, 3.63) is 105 Å². The van der Waals surface area contributed by atoms with Crippen molar-refractivity contribution in [2.24, 2.45) is 0 Å². The largest absolute Gasteiger partial charge is 0.493 e. The quantitative estimate of drug-likeness (QED) is 0.182. The molecule has 34 heavy (non-hydrogen) atoms. The van der Waals surface area contributed by atoms with Gasteiger partial charge in [-0.1, -0.05) is 51.8 Å². The van der Waals surface area contributed by atoms with E-state index in [1.807, 2.05) is 30.3 Å². The Kier molecular flexibility index (Phi) is 8.92. The van der Waals surface area contributed by atoms with E-state index >= 15 is 0 Å². The van der Waals surface area contributed by atoms with E-state index in [2.05, 4.69) is 27.8 Å². The number of nitrogens with zero attached hydrogens (tertiary/aromatic N) is 1. The second-order valence-corrected chi connectivity index (χ2v) is 8.61. The van der Waals surface area contributed by atoms with Crippen molar-refractivity contribution < 1.29 is 14.3 Å². The number of hydrogen-bond acceptors (Lipinski definition) is 4. The highest BCUT2D eigenvalue weighted by Gasteiger charge is 2.15. The molecule has 3 aromatic rings. The fourth-order valence-electron chi connectivity index (χ4n) is 3.21. The van der Waals surface area contributed by atoms with E-state index < -0.39 is 5.91 Å². The molecular formula is C27H22BrClN2O3. The summed E-state index contributed by atoms with van der Waals surface area (Å²) in [6, 6.07) is 20.1. The number of anilines is 1. The maximum atomic E-state index is 12.7. The minimum absolute atomic E-state index is 0.0404. The number of halogens is 2. The maximum absolute atomic E-state index is 12.7. The molecule has 3 aromatic carbocycles. The van der Waals surface area contributed by atoms with Gasteiger partial charge in [0.1, 0.15) is 18.2 Å². The molecule has 3 rings (SSSR count). The molecule has 0 aromatic heterocycles. The normalized spacial score (nSPS) is 10.8. The maximum Gasteiger partial charge on any atom is 0.266 e. The molecule has 0 aliphatic carbocycles. The van der Waals surface area contributed by atoms with Gasteiger partial charge in [0.05, 0.1) is 7.11 Å². The van der Waals surface area contributed by atoms with Crippen LogP contribution in [0.2, 0.25) is 5.02 Å². The standard InChI is InChI=1S/C27H22BrClN2O3/c1-3-5-20-12-19(13-21(16-30)27(32)31-24-7-4-6-22(28)15-24)14-25(33-2)26(20)34-17-18-8-10-23(29)11-9-18/h3-4,6-15H,1,5,17H2,2H3,(H,31,32)/b21-13-. The summed E-state index contributed by atoms with van der Waals surface area (Å²) in [5.74, 6) is 0.559. The van der Waals surface area contributed by atoms with Crippen LogP contribution in [0.25, 0.3) is 6.08 Å². The zero-order valence-electron chi connectivity index (χ0n) is 18.5. The molecule has 5 nitrogen and oxygen atoms in total. The summed E-state index contributed by atoms with van der Waals surface area (Å²) in [6.45, 7) is 4.15. The van der Waals surface area contributed by atoms with E-state index in [-0.39, 0.29) is 5.57 Å². The number of carbonyl (C=O) groups is 1. The van der Waals surface area contributed by atoms with Gasteiger partial charge in [0.2, 0.25) is 0 Å². The van der Waals surface area contributed by atoms with Crippen molar-refractivity contribution in [1.82, 2.24) is 0 Å². The third-order valence-electron chi connectivity index (χ3n) is 4.79.